The highest BCUT2D eigenvalue weighted by Crippen LogP contribution is 2.23. The van der Waals surface area contributed by atoms with E-state index in [1.807, 2.05) is 0 Å². The molecule has 1 N–H and O–H groups in total. The van der Waals surface area contributed by atoms with Gasteiger partial charge in [-0.2, -0.15) is 0 Å². The van der Waals surface area contributed by atoms with Gasteiger partial charge in [0.2, 0.25) is 5.91 Å². The molecular weight excluding hydrogens is 410 g/mol. The van der Waals surface area contributed by atoms with Crippen molar-refractivity contribution in [1.82, 2.24) is 30.3 Å². The van der Waals surface area contributed by atoms with Crippen LogP contribution in [0.3, 0.4) is 0 Å². The van der Waals surface area contributed by atoms with E-state index in [1.165, 1.54) is 41.0 Å². The van der Waals surface area contributed by atoms with E-state index in [0.29, 0.717) is 28.3 Å². The molecule has 30 heavy (non-hydrogen) atoms. The van der Waals surface area contributed by atoms with Crippen LogP contribution in [0.2, 0.25) is 0 Å². The van der Waals surface area contributed by atoms with Crippen molar-refractivity contribution in [2.45, 2.75) is 18.1 Å². The molecule has 2 aromatic heterocycles. The van der Waals surface area contributed by atoms with Crippen molar-refractivity contribution in [3.8, 4) is 0 Å². The summed E-state index contributed by atoms with van der Waals surface area (Å²) >= 11 is 1.21. The molecule has 4 aromatic rings. The van der Waals surface area contributed by atoms with Gasteiger partial charge in [-0.25, -0.2) is 23.4 Å². The second kappa shape index (κ2) is 8.95. The van der Waals surface area contributed by atoms with Gasteiger partial charge in [-0.15, -0.1) is 5.10 Å². The maximum atomic E-state index is 13.9. The van der Waals surface area contributed by atoms with E-state index in [1.54, 1.807) is 30.3 Å². The summed E-state index contributed by atoms with van der Waals surface area (Å²) in [7, 11) is 0. The topological polar surface area (TPSA) is 85.6 Å². The quantitative estimate of drug-likeness (QED) is 0.361. The van der Waals surface area contributed by atoms with Crippen LogP contribution < -0.4 is 5.32 Å². The van der Waals surface area contributed by atoms with Gasteiger partial charge in [0, 0.05) is 12.1 Å². The molecule has 0 atom stereocenters. The Morgan fingerprint density at radius 2 is 1.87 bits per heavy atom. The number of amides is 1. The van der Waals surface area contributed by atoms with Crippen molar-refractivity contribution in [3.05, 3.63) is 77.6 Å². The Morgan fingerprint density at radius 3 is 2.67 bits per heavy atom. The number of carbonyl (C=O) groups is 1. The first kappa shape index (κ1) is 19.9. The first-order valence-electron chi connectivity index (χ1n) is 9.01. The minimum absolute atomic E-state index is 0.119. The minimum atomic E-state index is -0.331. The number of nitrogens with one attached hydrogen (secondary N) is 1. The molecule has 0 fully saturated rings. The van der Waals surface area contributed by atoms with Crippen molar-refractivity contribution in [2.75, 3.05) is 5.75 Å². The molecular formula is C20H16F2N6OS. The number of aromatic nitrogens is 5. The van der Waals surface area contributed by atoms with Crippen LogP contribution in [0.25, 0.3) is 11.2 Å². The Balaban J connectivity index is 1.41. The highest BCUT2D eigenvalue weighted by atomic mass is 32.2. The van der Waals surface area contributed by atoms with Gasteiger partial charge in [0.1, 0.15) is 23.0 Å². The van der Waals surface area contributed by atoms with Crippen LogP contribution in [0.1, 0.15) is 11.1 Å². The van der Waals surface area contributed by atoms with E-state index in [0.717, 1.165) is 5.56 Å². The SMILES string of the molecule is O=C(CSc1ncnc2c1nnn2Cc1ccccc1F)NCc1ccc(F)cc1. The van der Waals surface area contributed by atoms with Crippen molar-refractivity contribution in [3.63, 3.8) is 0 Å². The molecule has 0 saturated carbocycles. The zero-order valence-electron chi connectivity index (χ0n) is 15.6. The molecule has 10 heteroatoms. The van der Waals surface area contributed by atoms with Crippen LogP contribution in [0.4, 0.5) is 8.78 Å². The molecule has 4 rings (SSSR count). The van der Waals surface area contributed by atoms with E-state index in [9.17, 15) is 13.6 Å². The molecule has 0 bridgehead atoms. The second-order valence-corrected chi connectivity index (χ2v) is 7.35. The summed E-state index contributed by atoms with van der Waals surface area (Å²) in [5, 5.41) is 11.4. The smallest absolute Gasteiger partial charge is 0.230 e. The molecule has 0 aliphatic rings. The third-order valence-electron chi connectivity index (χ3n) is 4.29. The molecule has 0 saturated heterocycles. The number of thioether (sulfide) groups is 1. The molecule has 0 spiro atoms. The highest BCUT2D eigenvalue weighted by molar-refractivity contribution is 8.00. The predicted octanol–water partition coefficient (Wildman–Crippen LogP) is 2.96. The number of hydrogen-bond donors (Lipinski definition) is 1. The number of fused-ring (bicyclic) bond motifs is 1. The molecule has 0 radical (unpaired) electrons. The predicted molar refractivity (Wildman–Crippen MR) is 108 cm³/mol. The Hall–Kier alpha value is -3.40. The summed E-state index contributed by atoms with van der Waals surface area (Å²) in [6.45, 7) is 0.486. The largest absolute Gasteiger partial charge is 0.351 e. The second-order valence-electron chi connectivity index (χ2n) is 6.38. The van der Waals surface area contributed by atoms with Gasteiger partial charge in [0.15, 0.2) is 11.2 Å². The standard InChI is InChI=1S/C20H16F2N6OS/c21-15-7-5-13(6-8-15)9-23-17(29)11-30-20-18-19(24-12-25-20)28(27-26-18)10-14-3-1-2-4-16(14)22/h1-8,12H,9-11H2,(H,23,29). The maximum Gasteiger partial charge on any atom is 0.230 e. The van der Waals surface area contributed by atoms with Crippen LogP contribution in [0.5, 0.6) is 0 Å². The van der Waals surface area contributed by atoms with E-state index in [2.05, 4.69) is 25.6 Å². The summed E-state index contributed by atoms with van der Waals surface area (Å²) in [5.41, 5.74) is 2.18. The van der Waals surface area contributed by atoms with E-state index in [-0.39, 0.29) is 29.8 Å². The zero-order valence-corrected chi connectivity index (χ0v) is 16.4. The van der Waals surface area contributed by atoms with Crippen molar-refractivity contribution in [1.29, 1.82) is 0 Å². The van der Waals surface area contributed by atoms with Gasteiger partial charge in [-0.3, -0.25) is 4.79 Å². The van der Waals surface area contributed by atoms with Crippen molar-refractivity contribution >= 4 is 28.8 Å². The van der Waals surface area contributed by atoms with E-state index >= 15 is 0 Å². The van der Waals surface area contributed by atoms with Crippen LogP contribution >= 0.6 is 11.8 Å². The lowest BCUT2D eigenvalue weighted by Gasteiger charge is -2.06. The Kier molecular flexibility index (Phi) is 5.94. The lowest BCUT2D eigenvalue weighted by molar-refractivity contribution is -0.118. The number of benzene rings is 2. The van der Waals surface area contributed by atoms with Gasteiger partial charge >= 0.3 is 0 Å². The fourth-order valence-electron chi connectivity index (χ4n) is 2.76. The van der Waals surface area contributed by atoms with E-state index in [4.69, 9.17) is 0 Å². The van der Waals surface area contributed by atoms with Gasteiger partial charge in [-0.1, -0.05) is 47.3 Å². The van der Waals surface area contributed by atoms with Gasteiger partial charge in [-0.05, 0) is 23.8 Å². The maximum absolute atomic E-state index is 13.9. The lowest BCUT2D eigenvalue weighted by atomic mass is 10.2. The fraction of sp³-hybridized carbons (Fsp3) is 0.150. The number of hydrogen-bond acceptors (Lipinski definition) is 6. The lowest BCUT2D eigenvalue weighted by Crippen LogP contribution is -2.24. The fourth-order valence-corrected chi connectivity index (χ4v) is 3.52. The molecule has 1 amide bonds. The monoisotopic (exact) mass is 426 g/mol. The van der Waals surface area contributed by atoms with Gasteiger partial charge in [0.05, 0.1) is 12.3 Å². The first-order chi connectivity index (χ1) is 14.6. The number of halogens is 2. The molecule has 0 unspecified atom stereocenters. The average molecular weight is 426 g/mol. The summed E-state index contributed by atoms with van der Waals surface area (Å²) in [5.74, 6) is -0.734. The summed E-state index contributed by atoms with van der Waals surface area (Å²) in [4.78, 5) is 20.5. The van der Waals surface area contributed by atoms with Gasteiger partial charge < -0.3 is 5.32 Å². The third kappa shape index (κ3) is 4.60. The summed E-state index contributed by atoms with van der Waals surface area (Å²) < 4.78 is 28.3. The third-order valence-corrected chi connectivity index (χ3v) is 5.27. The molecule has 2 aromatic carbocycles. The first-order valence-corrected chi connectivity index (χ1v) is 10.0. The molecule has 152 valence electrons. The average Bonchev–Trinajstić information content (AvgIpc) is 3.17. The van der Waals surface area contributed by atoms with Crippen LogP contribution in [0.15, 0.2) is 59.9 Å². The van der Waals surface area contributed by atoms with Crippen molar-refractivity contribution in [2.24, 2.45) is 0 Å². The minimum Gasteiger partial charge on any atom is -0.351 e. The Bertz CT molecular complexity index is 1180. The molecule has 0 aliphatic heterocycles. The zero-order chi connectivity index (χ0) is 20.9. The van der Waals surface area contributed by atoms with Gasteiger partial charge in [0.25, 0.3) is 0 Å². The van der Waals surface area contributed by atoms with E-state index < -0.39 is 0 Å². The molecule has 7 nitrogen and oxygen atoms in total. The van der Waals surface area contributed by atoms with Crippen molar-refractivity contribution < 1.29 is 13.6 Å². The number of rotatable bonds is 7. The molecule has 0 aliphatic carbocycles. The highest BCUT2D eigenvalue weighted by Gasteiger charge is 2.15. The summed E-state index contributed by atoms with van der Waals surface area (Å²) in [6.07, 6.45) is 1.36. The van der Waals surface area contributed by atoms with Crippen LogP contribution in [-0.4, -0.2) is 36.6 Å². The number of carbonyl (C=O) groups excluding carboxylic acids is 1. The number of nitrogens with zero attached hydrogens (tertiary/aromatic N) is 5. The summed E-state index contributed by atoms with van der Waals surface area (Å²) in [6, 6.07) is 12.3. The van der Waals surface area contributed by atoms with Crippen LogP contribution in [0, 0.1) is 11.6 Å². The Morgan fingerprint density at radius 1 is 1.07 bits per heavy atom. The molecule has 2 heterocycles. The van der Waals surface area contributed by atoms with Crippen LogP contribution in [-0.2, 0) is 17.9 Å². The Labute approximate surface area is 174 Å². The normalized spacial score (nSPS) is 11.0.